The average molecular weight is 174 g/mol. The van der Waals surface area contributed by atoms with Gasteiger partial charge in [-0.25, -0.2) is 0 Å². The van der Waals surface area contributed by atoms with E-state index in [2.05, 4.69) is 20.8 Å². The van der Waals surface area contributed by atoms with Gasteiger partial charge in [0.25, 0.3) is 0 Å². The molecule has 0 bridgehead atoms. The summed E-state index contributed by atoms with van der Waals surface area (Å²) in [6.07, 6.45) is 1.81. The highest BCUT2D eigenvalue weighted by atomic mass is 16.5. The monoisotopic (exact) mass is 174 g/mol. The van der Waals surface area contributed by atoms with Gasteiger partial charge in [-0.2, -0.15) is 0 Å². The molecule has 0 radical (unpaired) electrons. The highest BCUT2D eigenvalue weighted by Gasteiger charge is 2.23. The topological polar surface area (TPSA) is 29.5 Å². The van der Waals surface area contributed by atoms with E-state index in [4.69, 9.17) is 4.74 Å². The van der Waals surface area contributed by atoms with Gasteiger partial charge in [0.1, 0.15) is 0 Å². The Bertz CT molecular complexity index is 122. The molecule has 0 aromatic carbocycles. The summed E-state index contributed by atoms with van der Waals surface area (Å²) in [5.74, 6) is 0. The molecular weight excluding hydrogens is 152 g/mol. The zero-order chi connectivity index (χ0) is 9.83. The third-order valence-corrected chi connectivity index (χ3v) is 1.87. The molecule has 0 aliphatic heterocycles. The largest absolute Gasteiger partial charge is 0.388 e. The van der Waals surface area contributed by atoms with E-state index in [-0.39, 0.29) is 5.41 Å². The van der Waals surface area contributed by atoms with E-state index in [1.807, 2.05) is 6.92 Å². The van der Waals surface area contributed by atoms with Gasteiger partial charge in [0.2, 0.25) is 0 Å². The van der Waals surface area contributed by atoms with Crippen LogP contribution in [0.4, 0.5) is 0 Å². The summed E-state index contributed by atoms with van der Waals surface area (Å²) < 4.78 is 4.92. The molecule has 12 heavy (non-hydrogen) atoms. The molecule has 0 heterocycles. The Morgan fingerprint density at radius 1 is 1.08 bits per heavy atom. The van der Waals surface area contributed by atoms with Crippen molar-refractivity contribution in [2.24, 2.45) is 5.41 Å². The number of hydrogen-bond donors (Lipinski definition) is 1. The van der Waals surface area contributed by atoms with E-state index in [1.54, 1.807) is 7.11 Å². The van der Waals surface area contributed by atoms with Crippen LogP contribution >= 0.6 is 0 Å². The lowest BCUT2D eigenvalue weighted by Crippen LogP contribution is -2.31. The van der Waals surface area contributed by atoms with Crippen molar-refractivity contribution in [2.45, 2.75) is 46.1 Å². The van der Waals surface area contributed by atoms with Crippen molar-refractivity contribution in [3.8, 4) is 0 Å². The van der Waals surface area contributed by atoms with Crippen LogP contribution in [0, 0.1) is 5.41 Å². The standard InChI is InChI=1S/C10H22O2/c1-9(2,3)6-7-10(4,11)8-12-5/h11H,6-8H2,1-5H3. The van der Waals surface area contributed by atoms with E-state index in [9.17, 15) is 5.11 Å². The van der Waals surface area contributed by atoms with Crippen molar-refractivity contribution < 1.29 is 9.84 Å². The van der Waals surface area contributed by atoms with Crippen molar-refractivity contribution in [3.05, 3.63) is 0 Å². The average Bonchev–Trinajstić information content (AvgIpc) is 1.83. The minimum Gasteiger partial charge on any atom is -0.388 e. The lowest BCUT2D eigenvalue weighted by atomic mass is 9.86. The summed E-state index contributed by atoms with van der Waals surface area (Å²) >= 11 is 0. The van der Waals surface area contributed by atoms with E-state index in [0.717, 1.165) is 12.8 Å². The molecule has 1 N–H and O–H groups in total. The Morgan fingerprint density at radius 3 is 1.92 bits per heavy atom. The van der Waals surface area contributed by atoms with Crippen LogP contribution in [-0.2, 0) is 4.74 Å². The van der Waals surface area contributed by atoms with Crippen LogP contribution in [-0.4, -0.2) is 24.4 Å². The van der Waals surface area contributed by atoms with Crippen molar-refractivity contribution in [1.82, 2.24) is 0 Å². The Labute approximate surface area is 75.9 Å². The van der Waals surface area contributed by atoms with Gasteiger partial charge in [-0.1, -0.05) is 20.8 Å². The fourth-order valence-corrected chi connectivity index (χ4v) is 1.03. The quantitative estimate of drug-likeness (QED) is 0.708. The fourth-order valence-electron chi connectivity index (χ4n) is 1.03. The summed E-state index contributed by atoms with van der Waals surface area (Å²) in [5.41, 5.74) is -0.375. The zero-order valence-electron chi connectivity index (χ0n) is 8.98. The fraction of sp³-hybridized carbons (Fsp3) is 1.00. The van der Waals surface area contributed by atoms with Gasteiger partial charge in [-0.15, -0.1) is 0 Å². The highest BCUT2D eigenvalue weighted by Crippen LogP contribution is 2.25. The van der Waals surface area contributed by atoms with Gasteiger partial charge in [0.05, 0.1) is 12.2 Å². The maximum absolute atomic E-state index is 9.75. The first-order chi connectivity index (χ1) is 5.27. The van der Waals surface area contributed by atoms with Crippen LogP contribution in [0.3, 0.4) is 0 Å². The highest BCUT2D eigenvalue weighted by molar-refractivity contribution is 4.75. The van der Waals surface area contributed by atoms with Crippen LogP contribution in [0.25, 0.3) is 0 Å². The van der Waals surface area contributed by atoms with Crippen LogP contribution in [0.1, 0.15) is 40.5 Å². The van der Waals surface area contributed by atoms with Crippen molar-refractivity contribution in [2.75, 3.05) is 13.7 Å². The van der Waals surface area contributed by atoms with Crippen LogP contribution in [0.15, 0.2) is 0 Å². The first-order valence-electron chi connectivity index (χ1n) is 4.48. The minimum atomic E-state index is -0.665. The lowest BCUT2D eigenvalue weighted by Gasteiger charge is -2.26. The molecule has 1 atom stereocenters. The second-order valence-electron chi connectivity index (χ2n) is 4.99. The predicted octanol–water partition coefficient (Wildman–Crippen LogP) is 2.21. The molecule has 0 aromatic rings. The smallest absolute Gasteiger partial charge is 0.0852 e. The number of ether oxygens (including phenoxy) is 1. The Balaban J connectivity index is 3.75. The second-order valence-corrected chi connectivity index (χ2v) is 4.99. The van der Waals surface area contributed by atoms with Gasteiger partial charge < -0.3 is 9.84 Å². The van der Waals surface area contributed by atoms with Crippen LogP contribution < -0.4 is 0 Å². The maximum Gasteiger partial charge on any atom is 0.0852 e. The number of aliphatic hydroxyl groups is 1. The molecule has 0 aliphatic rings. The first kappa shape index (κ1) is 11.9. The van der Waals surface area contributed by atoms with E-state index < -0.39 is 5.60 Å². The van der Waals surface area contributed by atoms with Crippen molar-refractivity contribution in [1.29, 1.82) is 0 Å². The van der Waals surface area contributed by atoms with E-state index in [1.165, 1.54) is 0 Å². The summed E-state index contributed by atoms with van der Waals surface area (Å²) in [5, 5.41) is 9.75. The first-order valence-corrected chi connectivity index (χ1v) is 4.48. The molecule has 0 fully saturated rings. The SMILES string of the molecule is COCC(C)(O)CCC(C)(C)C. The van der Waals surface area contributed by atoms with Gasteiger partial charge in [0.15, 0.2) is 0 Å². The molecule has 2 heteroatoms. The third kappa shape index (κ3) is 6.62. The lowest BCUT2D eigenvalue weighted by molar-refractivity contribution is -0.0290. The van der Waals surface area contributed by atoms with Crippen LogP contribution in [0.5, 0.6) is 0 Å². The van der Waals surface area contributed by atoms with Gasteiger partial charge in [-0.05, 0) is 25.2 Å². The number of methoxy groups -OCH3 is 1. The zero-order valence-corrected chi connectivity index (χ0v) is 8.98. The molecule has 0 spiro atoms. The molecular formula is C10H22O2. The molecule has 0 rings (SSSR count). The third-order valence-electron chi connectivity index (χ3n) is 1.87. The summed E-state index contributed by atoms with van der Waals surface area (Å²) in [4.78, 5) is 0. The molecule has 0 saturated heterocycles. The Kier molecular flexibility index (Phi) is 4.21. The maximum atomic E-state index is 9.75. The van der Waals surface area contributed by atoms with E-state index >= 15 is 0 Å². The number of rotatable bonds is 4. The van der Waals surface area contributed by atoms with Gasteiger partial charge in [0, 0.05) is 7.11 Å². The molecule has 0 aromatic heterocycles. The van der Waals surface area contributed by atoms with Gasteiger partial charge >= 0.3 is 0 Å². The molecule has 0 amide bonds. The summed E-state index contributed by atoms with van der Waals surface area (Å²) in [6, 6.07) is 0. The van der Waals surface area contributed by atoms with Crippen LogP contribution in [0.2, 0.25) is 0 Å². The molecule has 74 valence electrons. The van der Waals surface area contributed by atoms with Crippen molar-refractivity contribution in [3.63, 3.8) is 0 Å². The Hall–Kier alpha value is -0.0800. The molecule has 1 unspecified atom stereocenters. The summed E-state index contributed by atoms with van der Waals surface area (Å²) in [6.45, 7) is 8.77. The predicted molar refractivity (Wildman–Crippen MR) is 51.2 cm³/mol. The molecule has 0 saturated carbocycles. The molecule has 2 nitrogen and oxygen atoms in total. The number of hydrogen-bond acceptors (Lipinski definition) is 2. The second kappa shape index (κ2) is 4.24. The molecule has 0 aliphatic carbocycles. The van der Waals surface area contributed by atoms with Crippen molar-refractivity contribution >= 4 is 0 Å². The minimum absolute atomic E-state index is 0.289. The Morgan fingerprint density at radius 2 is 1.58 bits per heavy atom. The van der Waals surface area contributed by atoms with E-state index in [0.29, 0.717) is 6.61 Å². The normalized spacial score (nSPS) is 17.5. The summed E-state index contributed by atoms with van der Waals surface area (Å²) in [7, 11) is 1.62. The van der Waals surface area contributed by atoms with Gasteiger partial charge in [-0.3, -0.25) is 0 Å².